The number of rotatable bonds is 7. The van der Waals surface area contributed by atoms with Gasteiger partial charge < -0.3 is 10.4 Å². The van der Waals surface area contributed by atoms with E-state index in [0.29, 0.717) is 6.54 Å². The first-order chi connectivity index (χ1) is 9.83. The Morgan fingerprint density at radius 2 is 1.40 bits per heavy atom. The predicted octanol–water partition coefficient (Wildman–Crippen LogP) is 3.18. The fourth-order valence-electron chi connectivity index (χ4n) is 2.50. The molecule has 2 aromatic carbocycles. The van der Waals surface area contributed by atoms with Crippen LogP contribution in [0.1, 0.15) is 30.4 Å². The van der Waals surface area contributed by atoms with Gasteiger partial charge in [0.05, 0.1) is 6.10 Å². The molecule has 0 bridgehead atoms. The Hall–Kier alpha value is -1.64. The van der Waals surface area contributed by atoms with Gasteiger partial charge >= 0.3 is 0 Å². The van der Waals surface area contributed by atoms with Gasteiger partial charge in [-0.15, -0.1) is 0 Å². The lowest BCUT2D eigenvalue weighted by Gasteiger charge is -2.24. The van der Waals surface area contributed by atoms with E-state index in [1.807, 2.05) is 36.4 Å². The van der Waals surface area contributed by atoms with Crippen LogP contribution in [0.25, 0.3) is 0 Å². The first kappa shape index (κ1) is 14.8. The van der Waals surface area contributed by atoms with Gasteiger partial charge in [0, 0.05) is 12.5 Å². The fourth-order valence-corrected chi connectivity index (χ4v) is 2.50. The van der Waals surface area contributed by atoms with Crippen molar-refractivity contribution in [3.63, 3.8) is 0 Å². The van der Waals surface area contributed by atoms with Crippen molar-refractivity contribution in [2.45, 2.75) is 25.4 Å². The van der Waals surface area contributed by atoms with E-state index < -0.39 is 6.10 Å². The van der Waals surface area contributed by atoms with E-state index in [2.05, 4.69) is 36.5 Å². The van der Waals surface area contributed by atoms with Crippen LogP contribution in [0.15, 0.2) is 60.7 Å². The van der Waals surface area contributed by atoms with Crippen LogP contribution in [-0.2, 0) is 0 Å². The van der Waals surface area contributed by atoms with E-state index >= 15 is 0 Å². The van der Waals surface area contributed by atoms with Crippen molar-refractivity contribution < 1.29 is 5.11 Å². The summed E-state index contributed by atoms with van der Waals surface area (Å²) in [5.74, 6) is 0.0155. The van der Waals surface area contributed by atoms with Crippen LogP contribution >= 0.6 is 0 Å². The quantitative estimate of drug-likeness (QED) is 0.757. The summed E-state index contributed by atoms with van der Waals surface area (Å²) in [7, 11) is 0. The first-order valence-electron chi connectivity index (χ1n) is 7.31. The van der Waals surface area contributed by atoms with Crippen molar-refractivity contribution in [2.75, 3.05) is 13.1 Å². The highest BCUT2D eigenvalue weighted by molar-refractivity contribution is 5.33. The summed E-state index contributed by atoms with van der Waals surface area (Å²) in [4.78, 5) is 0. The van der Waals surface area contributed by atoms with E-state index in [1.54, 1.807) is 0 Å². The van der Waals surface area contributed by atoms with E-state index in [9.17, 15) is 5.11 Å². The zero-order valence-electron chi connectivity index (χ0n) is 12.0. The third kappa shape index (κ3) is 3.92. The molecule has 0 amide bonds. The van der Waals surface area contributed by atoms with Crippen LogP contribution in [0.5, 0.6) is 0 Å². The molecule has 20 heavy (non-hydrogen) atoms. The molecule has 0 aromatic heterocycles. The first-order valence-corrected chi connectivity index (χ1v) is 7.31. The number of aliphatic hydroxyl groups is 1. The summed E-state index contributed by atoms with van der Waals surface area (Å²) in [6.45, 7) is 3.68. The lowest BCUT2D eigenvalue weighted by atomic mass is 9.86. The Labute approximate surface area is 121 Å². The molecule has 1 unspecified atom stereocenters. The van der Waals surface area contributed by atoms with Crippen molar-refractivity contribution in [1.29, 1.82) is 0 Å². The molecule has 0 aliphatic heterocycles. The molecule has 1 atom stereocenters. The molecule has 0 aliphatic rings. The molecule has 106 valence electrons. The molecule has 0 saturated carbocycles. The van der Waals surface area contributed by atoms with Crippen LogP contribution in [0.2, 0.25) is 0 Å². The molecule has 0 saturated heterocycles. The number of aliphatic hydroxyl groups excluding tert-OH is 1. The fraction of sp³-hybridized carbons (Fsp3) is 0.333. The summed E-state index contributed by atoms with van der Waals surface area (Å²) in [5.41, 5.74) is 2.31. The number of benzene rings is 2. The van der Waals surface area contributed by atoms with Crippen LogP contribution in [-0.4, -0.2) is 24.3 Å². The monoisotopic (exact) mass is 269 g/mol. The van der Waals surface area contributed by atoms with E-state index in [4.69, 9.17) is 0 Å². The highest BCUT2D eigenvalue weighted by Crippen LogP contribution is 2.27. The summed E-state index contributed by atoms with van der Waals surface area (Å²) in [5, 5.41) is 13.9. The zero-order chi connectivity index (χ0) is 14.2. The van der Waals surface area contributed by atoms with Crippen molar-refractivity contribution >= 4 is 0 Å². The molecule has 2 N–H and O–H groups in total. The SMILES string of the molecule is CCCNCC(O)C(c1ccccc1)c1ccccc1. The average molecular weight is 269 g/mol. The zero-order valence-corrected chi connectivity index (χ0v) is 12.0. The molecule has 2 heteroatoms. The molecule has 0 spiro atoms. The highest BCUT2D eigenvalue weighted by atomic mass is 16.3. The number of hydrogen-bond acceptors (Lipinski definition) is 2. The smallest absolute Gasteiger partial charge is 0.0773 e. The van der Waals surface area contributed by atoms with E-state index in [0.717, 1.165) is 24.1 Å². The molecule has 2 aromatic rings. The Morgan fingerprint density at radius 3 is 1.85 bits per heavy atom. The van der Waals surface area contributed by atoms with Crippen molar-refractivity contribution in [1.82, 2.24) is 5.32 Å². The maximum absolute atomic E-state index is 10.6. The Bertz CT molecular complexity index is 444. The molecular formula is C18H23NO. The lowest BCUT2D eigenvalue weighted by Crippen LogP contribution is -2.32. The van der Waals surface area contributed by atoms with Crippen molar-refractivity contribution in [3.8, 4) is 0 Å². The van der Waals surface area contributed by atoms with Gasteiger partial charge in [-0.05, 0) is 24.1 Å². The minimum Gasteiger partial charge on any atom is -0.391 e. The van der Waals surface area contributed by atoms with E-state index in [-0.39, 0.29) is 5.92 Å². The Morgan fingerprint density at radius 1 is 0.900 bits per heavy atom. The third-order valence-electron chi connectivity index (χ3n) is 3.48. The summed E-state index contributed by atoms with van der Waals surface area (Å²) >= 11 is 0. The second-order valence-corrected chi connectivity index (χ2v) is 5.07. The largest absolute Gasteiger partial charge is 0.391 e. The van der Waals surface area contributed by atoms with Gasteiger partial charge in [-0.3, -0.25) is 0 Å². The van der Waals surface area contributed by atoms with Crippen molar-refractivity contribution in [2.24, 2.45) is 0 Å². The van der Waals surface area contributed by atoms with Gasteiger partial charge in [0.15, 0.2) is 0 Å². The van der Waals surface area contributed by atoms with Crippen LogP contribution in [0, 0.1) is 0 Å². The maximum atomic E-state index is 10.6. The van der Waals surface area contributed by atoms with E-state index in [1.165, 1.54) is 0 Å². The number of nitrogens with one attached hydrogen (secondary N) is 1. The predicted molar refractivity (Wildman–Crippen MR) is 83.9 cm³/mol. The second-order valence-electron chi connectivity index (χ2n) is 5.07. The van der Waals surface area contributed by atoms with Gasteiger partial charge in [0.2, 0.25) is 0 Å². The van der Waals surface area contributed by atoms with Crippen LogP contribution in [0.4, 0.5) is 0 Å². The average Bonchev–Trinajstić information content (AvgIpc) is 2.50. The van der Waals surface area contributed by atoms with Gasteiger partial charge in [-0.25, -0.2) is 0 Å². The minimum absolute atomic E-state index is 0.0155. The molecule has 2 nitrogen and oxygen atoms in total. The third-order valence-corrected chi connectivity index (χ3v) is 3.48. The van der Waals surface area contributed by atoms with Gasteiger partial charge in [0.25, 0.3) is 0 Å². The van der Waals surface area contributed by atoms with Crippen molar-refractivity contribution in [3.05, 3.63) is 71.8 Å². The standard InChI is InChI=1S/C18H23NO/c1-2-13-19-14-17(20)18(15-9-5-3-6-10-15)16-11-7-4-8-12-16/h3-12,17-20H,2,13-14H2,1H3. The molecule has 0 radical (unpaired) electrons. The van der Waals surface area contributed by atoms with Gasteiger partial charge in [-0.2, -0.15) is 0 Å². The van der Waals surface area contributed by atoms with Crippen LogP contribution < -0.4 is 5.32 Å². The number of hydrogen-bond donors (Lipinski definition) is 2. The topological polar surface area (TPSA) is 32.3 Å². The molecular weight excluding hydrogens is 246 g/mol. The maximum Gasteiger partial charge on any atom is 0.0773 e. The van der Waals surface area contributed by atoms with Gasteiger partial charge in [0.1, 0.15) is 0 Å². The molecule has 2 rings (SSSR count). The Kier molecular flexibility index (Phi) is 5.78. The van der Waals surface area contributed by atoms with Crippen LogP contribution in [0.3, 0.4) is 0 Å². The highest BCUT2D eigenvalue weighted by Gasteiger charge is 2.22. The normalized spacial score (nSPS) is 12.6. The molecule has 0 heterocycles. The summed E-state index contributed by atoms with van der Waals surface area (Å²) in [6, 6.07) is 20.5. The molecule has 0 fully saturated rings. The summed E-state index contributed by atoms with van der Waals surface area (Å²) in [6.07, 6.45) is 0.653. The molecule has 0 aliphatic carbocycles. The van der Waals surface area contributed by atoms with Gasteiger partial charge in [-0.1, -0.05) is 67.6 Å². The minimum atomic E-state index is -0.425. The second kappa shape index (κ2) is 7.83. The summed E-state index contributed by atoms with van der Waals surface area (Å²) < 4.78 is 0. The Balaban J connectivity index is 2.21. The lowest BCUT2D eigenvalue weighted by molar-refractivity contribution is 0.154.